The van der Waals surface area contributed by atoms with E-state index < -0.39 is 0 Å². The summed E-state index contributed by atoms with van der Waals surface area (Å²) < 4.78 is 5.01. The highest BCUT2D eigenvalue weighted by Crippen LogP contribution is 2.24. The maximum absolute atomic E-state index is 12.5. The van der Waals surface area contributed by atoms with Gasteiger partial charge in [0.05, 0.1) is 6.61 Å². The molecule has 0 unspecified atom stereocenters. The van der Waals surface area contributed by atoms with Crippen molar-refractivity contribution in [2.45, 2.75) is 26.7 Å². The van der Waals surface area contributed by atoms with Gasteiger partial charge in [-0.1, -0.05) is 42.5 Å². The molecule has 154 valence electrons. The largest absolute Gasteiger partial charge is 0.449 e. The lowest BCUT2D eigenvalue weighted by Crippen LogP contribution is -2.26. The monoisotopic (exact) mass is 402 g/mol. The Morgan fingerprint density at radius 1 is 0.967 bits per heavy atom. The Kier molecular flexibility index (Phi) is 6.96. The van der Waals surface area contributed by atoms with E-state index in [2.05, 4.69) is 4.98 Å². The Hall–Kier alpha value is -3.47. The topological polar surface area (TPSA) is 59.5 Å². The highest BCUT2D eigenvalue weighted by atomic mass is 16.6. The molecule has 0 aliphatic heterocycles. The van der Waals surface area contributed by atoms with Crippen LogP contribution in [0.2, 0.25) is 0 Å². The molecule has 1 amide bonds. The lowest BCUT2D eigenvalue weighted by molar-refractivity contribution is 0.0982. The first-order valence-corrected chi connectivity index (χ1v) is 10.0. The minimum atomic E-state index is -0.380. The average Bonchev–Trinajstić information content (AvgIpc) is 2.78. The normalized spacial score (nSPS) is 10.5. The summed E-state index contributed by atoms with van der Waals surface area (Å²) in [6.07, 6.45) is 2.53. The standard InChI is InChI=1S/C25H26N2O3/c1-4-30-25(29)27(3)23-14-11-21(12-15-23)20-7-9-22(10-8-20)24(28)16-13-19-6-5-17-26-18(19)2/h5-12,14-15,17H,4,13,16H2,1-3H3. The molecule has 0 radical (unpaired) electrons. The Labute approximate surface area is 177 Å². The summed E-state index contributed by atoms with van der Waals surface area (Å²) in [6, 6.07) is 19.2. The van der Waals surface area contributed by atoms with E-state index in [0.717, 1.165) is 28.1 Å². The number of amides is 1. The van der Waals surface area contributed by atoms with Gasteiger partial charge in [0.25, 0.3) is 0 Å². The molecule has 5 nitrogen and oxygen atoms in total. The Morgan fingerprint density at radius 2 is 1.60 bits per heavy atom. The number of rotatable bonds is 7. The summed E-state index contributed by atoms with van der Waals surface area (Å²) in [5.74, 6) is 0.121. The van der Waals surface area contributed by atoms with E-state index in [-0.39, 0.29) is 11.9 Å². The molecule has 2 aromatic carbocycles. The van der Waals surface area contributed by atoms with Gasteiger partial charge in [-0.05, 0) is 55.2 Å². The molecule has 1 aromatic heterocycles. The van der Waals surface area contributed by atoms with E-state index in [0.29, 0.717) is 25.0 Å². The average molecular weight is 402 g/mol. The number of ketones is 1. The van der Waals surface area contributed by atoms with Crippen molar-refractivity contribution in [3.05, 3.63) is 83.7 Å². The first-order chi connectivity index (χ1) is 14.5. The molecule has 0 N–H and O–H groups in total. The van der Waals surface area contributed by atoms with Crippen molar-refractivity contribution in [2.75, 3.05) is 18.6 Å². The van der Waals surface area contributed by atoms with Crippen molar-refractivity contribution in [3.8, 4) is 11.1 Å². The predicted molar refractivity (Wildman–Crippen MR) is 119 cm³/mol. The van der Waals surface area contributed by atoms with Crippen LogP contribution >= 0.6 is 0 Å². The Morgan fingerprint density at radius 3 is 2.20 bits per heavy atom. The summed E-state index contributed by atoms with van der Waals surface area (Å²) in [4.78, 5) is 30.1. The highest BCUT2D eigenvalue weighted by Gasteiger charge is 2.12. The van der Waals surface area contributed by atoms with E-state index in [1.165, 1.54) is 4.90 Å². The fourth-order valence-corrected chi connectivity index (χ4v) is 3.23. The van der Waals surface area contributed by atoms with Crippen molar-refractivity contribution in [1.82, 2.24) is 4.98 Å². The molecule has 5 heteroatoms. The van der Waals surface area contributed by atoms with Gasteiger partial charge in [-0.2, -0.15) is 0 Å². The minimum Gasteiger partial charge on any atom is -0.449 e. The summed E-state index contributed by atoms with van der Waals surface area (Å²) in [7, 11) is 1.68. The first kappa shape index (κ1) is 21.2. The van der Waals surface area contributed by atoms with Crippen LogP contribution in [0.5, 0.6) is 0 Å². The van der Waals surface area contributed by atoms with Crippen LogP contribution in [0, 0.1) is 6.92 Å². The van der Waals surface area contributed by atoms with Gasteiger partial charge in [0.1, 0.15) is 0 Å². The number of aromatic nitrogens is 1. The third-order valence-electron chi connectivity index (χ3n) is 5.07. The van der Waals surface area contributed by atoms with Crippen LogP contribution in [-0.4, -0.2) is 30.5 Å². The van der Waals surface area contributed by atoms with Gasteiger partial charge in [0, 0.05) is 36.6 Å². The van der Waals surface area contributed by atoms with Gasteiger partial charge in [-0.3, -0.25) is 14.7 Å². The van der Waals surface area contributed by atoms with E-state index >= 15 is 0 Å². The van der Waals surface area contributed by atoms with Gasteiger partial charge in [-0.15, -0.1) is 0 Å². The predicted octanol–water partition coefficient (Wildman–Crippen LogP) is 5.47. The smallest absolute Gasteiger partial charge is 0.413 e. The second kappa shape index (κ2) is 9.83. The lowest BCUT2D eigenvalue weighted by atomic mass is 9.99. The second-order valence-electron chi connectivity index (χ2n) is 7.05. The number of pyridine rings is 1. The Bertz CT molecular complexity index is 1010. The molecule has 0 bridgehead atoms. The summed E-state index contributed by atoms with van der Waals surface area (Å²) in [5.41, 5.74) is 5.57. The zero-order valence-corrected chi connectivity index (χ0v) is 17.6. The third kappa shape index (κ3) is 5.11. The molecule has 30 heavy (non-hydrogen) atoms. The van der Waals surface area contributed by atoms with Crippen LogP contribution in [0.4, 0.5) is 10.5 Å². The number of ether oxygens (including phenoxy) is 1. The molecule has 3 aromatic rings. The number of benzene rings is 2. The van der Waals surface area contributed by atoms with Crippen LogP contribution in [0.3, 0.4) is 0 Å². The maximum atomic E-state index is 12.5. The highest BCUT2D eigenvalue weighted by molar-refractivity contribution is 5.96. The van der Waals surface area contributed by atoms with Crippen molar-refractivity contribution < 1.29 is 14.3 Å². The van der Waals surface area contributed by atoms with E-state index in [1.54, 1.807) is 20.2 Å². The number of anilines is 1. The van der Waals surface area contributed by atoms with Gasteiger partial charge < -0.3 is 4.74 Å². The molecule has 0 fully saturated rings. The number of hydrogen-bond acceptors (Lipinski definition) is 4. The summed E-state index contributed by atoms with van der Waals surface area (Å²) >= 11 is 0. The van der Waals surface area contributed by atoms with E-state index in [4.69, 9.17) is 4.74 Å². The quantitative estimate of drug-likeness (QED) is 0.492. The number of aryl methyl sites for hydroxylation is 2. The zero-order valence-electron chi connectivity index (χ0n) is 17.6. The molecular formula is C25H26N2O3. The van der Waals surface area contributed by atoms with E-state index in [1.807, 2.05) is 67.6 Å². The van der Waals surface area contributed by atoms with Crippen molar-refractivity contribution >= 4 is 17.6 Å². The zero-order chi connectivity index (χ0) is 21.5. The van der Waals surface area contributed by atoms with Crippen molar-refractivity contribution in [1.29, 1.82) is 0 Å². The third-order valence-corrected chi connectivity index (χ3v) is 5.07. The molecule has 0 spiro atoms. The second-order valence-corrected chi connectivity index (χ2v) is 7.05. The summed E-state index contributed by atoms with van der Waals surface area (Å²) in [6.45, 7) is 4.09. The van der Waals surface area contributed by atoms with Crippen molar-refractivity contribution in [2.24, 2.45) is 0 Å². The molecule has 0 atom stereocenters. The van der Waals surface area contributed by atoms with Gasteiger partial charge >= 0.3 is 6.09 Å². The van der Waals surface area contributed by atoms with Gasteiger partial charge in [-0.25, -0.2) is 4.79 Å². The van der Waals surface area contributed by atoms with Crippen molar-refractivity contribution in [3.63, 3.8) is 0 Å². The van der Waals surface area contributed by atoms with Crippen LogP contribution in [0.1, 0.15) is 35.0 Å². The van der Waals surface area contributed by atoms with Crippen LogP contribution in [-0.2, 0) is 11.2 Å². The molecule has 0 aliphatic rings. The number of carbonyl (C=O) groups is 2. The van der Waals surface area contributed by atoms with Gasteiger partial charge in [0.2, 0.25) is 0 Å². The minimum absolute atomic E-state index is 0.121. The fourth-order valence-electron chi connectivity index (χ4n) is 3.23. The lowest BCUT2D eigenvalue weighted by Gasteiger charge is -2.16. The molecule has 1 heterocycles. The maximum Gasteiger partial charge on any atom is 0.413 e. The molecular weight excluding hydrogens is 376 g/mol. The number of Topliss-reactive ketones (excluding diaryl/α,β-unsaturated/α-hetero) is 1. The fraction of sp³-hybridized carbons (Fsp3) is 0.240. The SMILES string of the molecule is CCOC(=O)N(C)c1ccc(-c2ccc(C(=O)CCc3cccnc3C)cc2)cc1. The molecule has 0 saturated carbocycles. The van der Waals surface area contributed by atoms with Crippen LogP contribution in [0.15, 0.2) is 66.9 Å². The number of carbonyl (C=O) groups excluding carboxylic acids is 2. The van der Waals surface area contributed by atoms with Gasteiger partial charge in [0.15, 0.2) is 5.78 Å². The van der Waals surface area contributed by atoms with E-state index in [9.17, 15) is 9.59 Å². The first-order valence-electron chi connectivity index (χ1n) is 10.0. The van der Waals surface area contributed by atoms with Crippen LogP contribution in [0.25, 0.3) is 11.1 Å². The Balaban J connectivity index is 1.64. The molecule has 3 rings (SSSR count). The molecule has 0 saturated heterocycles. The number of hydrogen-bond donors (Lipinski definition) is 0. The van der Waals surface area contributed by atoms with Crippen LogP contribution < -0.4 is 4.90 Å². The summed E-state index contributed by atoms with van der Waals surface area (Å²) in [5, 5.41) is 0. The molecule has 0 aliphatic carbocycles. The number of nitrogens with zero attached hydrogens (tertiary/aromatic N) is 2.